The second-order valence-corrected chi connectivity index (χ2v) is 7.41. The third-order valence-electron chi connectivity index (χ3n) is 4.56. The summed E-state index contributed by atoms with van der Waals surface area (Å²) in [5.74, 6) is -0.174. The molecule has 0 saturated heterocycles. The first-order valence-corrected chi connectivity index (χ1v) is 7.91. The maximum absolute atomic E-state index is 13.3. The molecule has 0 aliphatic heterocycles. The zero-order chi connectivity index (χ0) is 16.5. The molecule has 2 unspecified atom stereocenters. The van der Waals surface area contributed by atoms with Crippen molar-refractivity contribution >= 4 is 12.1 Å². The van der Waals surface area contributed by atoms with Gasteiger partial charge in [0.15, 0.2) is 0 Å². The monoisotopic (exact) mass is 315 g/mol. The number of rotatable bonds is 3. The molecule has 2 rings (SSSR count). The van der Waals surface area contributed by atoms with Crippen molar-refractivity contribution in [3.8, 4) is 0 Å². The number of carbonyl (C=O) groups excluding carboxylic acids is 2. The summed E-state index contributed by atoms with van der Waals surface area (Å²) in [7, 11) is 1.31. The minimum absolute atomic E-state index is 0.0139. The molecular weight excluding hydrogens is 289 g/mol. The predicted octanol–water partition coefficient (Wildman–Crippen LogP) is 2.97. The van der Waals surface area contributed by atoms with Crippen molar-refractivity contribution in [3.05, 3.63) is 0 Å². The largest absolute Gasteiger partial charge is 0.467 e. The summed E-state index contributed by atoms with van der Waals surface area (Å²) in [5, 5.41) is 2.70. The minimum Gasteiger partial charge on any atom is -0.467 e. The van der Waals surface area contributed by atoms with Gasteiger partial charge in [0.05, 0.1) is 7.11 Å². The predicted molar refractivity (Wildman–Crippen MR) is 79.1 cm³/mol. The molecule has 22 heavy (non-hydrogen) atoms. The van der Waals surface area contributed by atoms with E-state index in [1.54, 1.807) is 20.8 Å². The van der Waals surface area contributed by atoms with Crippen LogP contribution in [0.3, 0.4) is 0 Å². The Morgan fingerprint density at radius 2 is 1.77 bits per heavy atom. The number of carbonyl (C=O) groups is 2. The summed E-state index contributed by atoms with van der Waals surface area (Å²) in [6.45, 7) is 5.30. The van der Waals surface area contributed by atoms with Crippen molar-refractivity contribution in [1.29, 1.82) is 0 Å². The van der Waals surface area contributed by atoms with Crippen molar-refractivity contribution in [3.63, 3.8) is 0 Å². The second-order valence-electron chi connectivity index (χ2n) is 7.41. The van der Waals surface area contributed by atoms with Gasteiger partial charge in [0.25, 0.3) is 0 Å². The van der Waals surface area contributed by atoms with Crippen LogP contribution in [-0.4, -0.2) is 36.5 Å². The fourth-order valence-electron chi connectivity index (χ4n) is 3.44. The van der Waals surface area contributed by atoms with E-state index >= 15 is 0 Å². The topological polar surface area (TPSA) is 64.6 Å². The number of alkyl carbamates (subject to hydrolysis) is 1. The van der Waals surface area contributed by atoms with Crippen molar-refractivity contribution in [1.82, 2.24) is 5.32 Å². The summed E-state index contributed by atoms with van der Waals surface area (Å²) < 4.78 is 23.4. The van der Waals surface area contributed by atoms with Gasteiger partial charge in [0.2, 0.25) is 0 Å². The molecule has 2 atom stereocenters. The number of amides is 1. The molecule has 0 aromatic rings. The molecule has 0 heterocycles. The molecule has 2 saturated carbocycles. The molecule has 1 N–H and O–H groups in total. The van der Waals surface area contributed by atoms with E-state index in [9.17, 15) is 14.0 Å². The standard InChI is InChI=1S/C16H26FNO4/c1-15(2,3)22-14(20)18-16(13(19)21-4)9-12(16)10-5-7-11(17)8-6-10/h10-12H,5-9H2,1-4H3,(H,18,20). The minimum atomic E-state index is -0.995. The van der Waals surface area contributed by atoms with Gasteiger partial charge in [-0.05, 0) is 64.7 Å². The van der Waals surface area contributed by atoms with Crippen molar-refractivity contribution in [2.45, 2.75) is 70.2 Å². The van der Waals surface area contributed by atoms with Crippen LogP contribution in [0.2, 0.25) is 0 Å². The lowest BCUT2D eigenvalue weighted by atomic mass is 9.83. The smallest absolute Gasteiger partial charge is 0.408 e. The van der Waals surface area contributed by atoms with Crippen LogP contribution in [0.4, 0.5) is 9.18 Å². The van der Waals surface area contributed by atoms with Gasteiger partial charge in [0, 0.05) is 0 Å². The Labute approximate surface area is 130 Å². The third kappa shape index (κ3) is 3.70. The second kappa shape index (κ2) is 6.05. The van der Waals surface area contributed by atoms with Gasteiger partial charge in [-0.2, -0.15) is 0 Å². The quantitative estimate of drug-likeness (QED) is 0.813. The normalized spacial score (nSPS) is 34.7. The molecule has 6 heteroatoms. The Kier molecular flexibility index (Phi) is 4.68. The highest BCUT2D eigenvalue weighted by molar-refractivity contribution is 5.89. The molecule has 126 valence electrons. The number of hydrogen-bond acceptors (Lipinski definition) is 4. The van der Waals surface area contributed by atoms with E-state index in [4.69, 9.17) is 9.47 Å². The lowest BCUT2D eigenvalue weighted by Gasteiger charge is -2.27. The molecule has 1 amide bonds. The molecule has 2 aliphatic rings. The summed E-state index contributed by atoms with van der Waals surface area (Å²) >= 11 is 0. The highest BCUT2D eigenvalue weighted by Crippen LogP contribution is 2.53. The molecule has 0 bridgehead atoms. The van der Waals surface area contributed by atoms with Gasteiger partial charge in [-0.1, -0.05) is 0 Å². The number of ether oxygens (including phenoxy) is 2. The molecular formula is C16H26FNO4. The van der Waals surface area contributed by atoms with Crippen molar-refractivity contribution in [2.75, 3.05) is 7.11 Å². The van der Waals surface area contributed by atoms with Crippen LogP contribution in [0.25, 0.3) is 0 Å². The number of alkyl halides is 1. The molecule has 2 aliphatic carbocycles. The molecule has 0 radical (unpaired) electrons. The summed E-state index contributed by atoms with van der Waals surface area (Å²) in [5.41, 5.74) is -1.62. The fraction of sp³-hybridized carbons (Fsp3) is 0.875. The van der Waals surface area contributed by atoms with Crippen molar-refractivity contribution < 1.29 is 23.5 Å². The van der Waals surface area contributed by atoms with E-state index in [2.05, 4.69) is 5.32 Å². The van der Waals surface area contributed by atoms with Crippen LogP contribution in [-0.2, 0) is 14.3 Å². The van der Waals surface area contributed by atoms with Crippen LogP contribution >= 0.6 is 0 Å². The van der Waals surface area contributed by atoms with Gasteiger partial charge >= 0.3 is 12.1 Å². The summed E-state index contributed by atoms with van der Waals surface area (Å²) in [4.78, 5) is 24.2. The number of halogens is 1. The maximum Gasteiger partial charge on any atom is 0.408 e. The van der Waals surface area contributed by atoms with E-state index < -0.39 is 29.4 Å². The van der Waals surface area contributed by atoms with E-state index in [1.807, 2.05) is 0 Å². The third-order valence-corrected chi connectivity index (χ3v) is 4.56. The van der Waals surface area contributed by atoms with Crippen LogP contribution < -0.4 is 5.32 Å². The number of esters is 1. The Hall–Kier alpha value is -1.33. The average Bonchev–Trinajstić information content (AvgIpc) is 3.11. The fourth-order valence-corrected chi connectivity index (χ4v) is 3.44. The Morgan fingerprint density at radius 3 is 2.27 bits per heavy atom. The molecule has 5 nitrogen and oxygen atoms in total. The van der Waals surface area contributed by atoms with Crippen LogP contribution in [0, 0.1) is 11.8 Å². The van der Waals surface area contributed by atoms with Gasteiger partial charge in [0.1, 0.15) is 17.3 Å². The van der Waals surface area contributed by atoms with Crippen LogP contribution in [0.5, 0.6) is 0 Å². The van der Waals surface area contributed by atoms with Crippen molar-refractivity contribution in [2.24, 2.45) is 11.8 Å². The van der Waals surface area contributed by atoms with Gasteiger partial charge in [-0.15, -0.1) is 0 Å². The zero-order valence-electron chi connectivity index (χ0n) is 13.8. The van der Waals surface area contributed by atoms with Gasteiger partial charge in [-0.25, -0.2) is 14.0 Å². The Morgan fingerprint density at radius 1 is 1.18 bits per heavy atom. The van der Waals surface area contributed by atoms with Crippen LogP contribution in [0.15, 0.2) is 0 Å². The molecule has 2 fully saturated rings. The molecule has 0 aromatic heterocycles. The highest BCUT2D eigenvalue weighted by Gasteiger charge is 2.65. The first-order chi connectivity index (χ1) is 10.2. The number of nitrogens with one attached hydrogen (secondary N) is 1. The van der Waals surface area contributed by atoms with E-state index in [0.29, 0.717) is 19.3 Å². The Balaban J connectivity index is 2.02. The SMILES string of the molecule is COC(=O)C1(NC(=O)OC(C)(C)C)CC1C1CCC(F)CC1. The first kappa shape index (κ1) is 17.0. The lowest BCUT2D eigenvalue weighted by molar-refractivity contribution is -0.145. The van der Waals surface area contributed by atoms with E-state index in [0.717, 1.165) is 12.8 Å². The number of hydrogen-bond donors (Lipinski definition) is 1. The summed E-state index contributed by atoms with van der Waals surface area (Å²) in [6, 6.07) is 0. The molecule has 0 spiro atoms. The Bertz CT molecular complexity index is 440. The number of methoxy groups -OCH3 is 1. The van der Waals surface area contributed by atoms with Gasteiger partial charge < -0.3 is 14.8 Å². The van der Waals surface area contributed by atoms with Crippen LogP contribution in [0.1, 0.15) is 52.9 Å². The van der Waals surface area contributed by atoms with E-state index in [-0.39, 0.29) is 11.8 Å². The highest BCUT2D eigenvalue weighted by atomic mass is 19.1. The lowest BCUT2D eigenvalue weighted by Crippen LogP contribution is -2.48. The molecule has 0 aromatic carbocycles. The van der Waals surface area contributed by atoms with E-state index in [1.165, 1.54) is 7.11 Å². The first-order valence-electron chi connectivity index (χ1n) is 7.91. The maximum atomic E-state index is 13.3. The van der Waals surface area contributed by atoms with Gasteiger partial charge in [-0.3, -0.25) is 0 Å². The average molecular weight is 315 g/mol. The summed E-state index contributed by atoms with van der Waals surface area (Å²) in [6.07, 6.45) is 1.76. The zero-order valence-corrected chi connectivity index (χ0v) is 13.8.